The molecule has 0 radical (unpaired) electrons. The van der Waals surface area contributed by atoms with Gasteiger partial charge in [0.25, 0.3) is 11.8 Å². The van der Waals surface area contributed by atoms with E-state index in [0.29, 0.717) is 27.9 Å². The summed E-state index contributed by atoms with van der Waals surface area (Å²) in [7, 11) is 1.68. The number of primary amides is 1. The average molecular weight is 367 g/mol. The number of rotatable bonds is 6. The summed E-state index contributed by atoms with van der Waals surface area (Å²) in [5.41, 5.74) is 6.26. The van der Waals surface area contributed by atoms with Gasteiger partial charge in [0.1, 0.15) is 5.75 Å². The molecule has 0 aliphatic carbocycles. The van der Waals surface area contributed by atoms with Gasteiger partial charge >= 0.3 is 0 Å². The van der Waals surface area contributed by atoms with E-state index in [4.69, 9.17) is 33.7 Å². The molecule has 0 heterocycles. The first-order chi connectivity index (χ1) is 11.4. The Morgan fingerprint density at radius 3 is 2.42 bits per heavy atom. The molecule has 5 nitrogen and oxygen atoms in total. The lowest BCUT2D eigenvalue weighted by Crippen LogP contribution is -2.26. The Morgan fingerprint density at radius 2 is 1.79 bits per heavy atom. The molecular formula is C17H16Cl2N2O3. The Hall–Kier alpha value is -2.24. The second-order valence-corrected chi connectivity index (χ2v) is 5.94. The smallest absolute Gasteiger partial charge is 0.255 e. The second-order valence-electron chi connectivity index (χ2n) is 5.15. The normalized spacial score (nSPS) is 10.3. The Morgan fingerprint density at radius 1 is 1.12 bits per heavy atom. The van der Waals surface area contributed by atoms with Crippen molar-refractivity contribution in [3.63, 3.8) is 0 Å². The van der Waals surface area contributed by atoms with Crippen LogP contribution in [0.4, 0.5) is 0 Å². The van der Waals surface area contributed by atoms with Gasteiger partial charge in [-0.3, -0.25) is 9.59 Å². The molecule has 2 aromatic rings. The molecule has 0 aromatic heterocycles. The third-order valence-electron chi connectivity index (χ3n) is 3.27. The lowest BCUT2D eigenvalue weighted by atomic mass is 10.1. The number of amides is 2. The quantitative estimate of drug-likeness (QED) is 0.853. The van der Waals surface area contributed by atoms with Crippen molar-refractivity contribution < 1.29 is 14.3 Å². The van der Waals surface area contributed by atoms with Gasteiger partial charge in [0.05, 0.1) is 10.0 Å². The van der Waals surface area contributed by atoms with E-state index < -0.39 is 5.91 Å². The fourth-order valence-electron chi connectivity index (χ4n) is 2.07. The summed E-state index contributed by atoms with van der Waals surface area (Å²) in [5, 5.41) is 0.889. The molecule has 0 saturated heterocycles. The zero-order chi connectivity index (χ0) is 17.7. The van der Waals surface area contributed by atoms with E-state index in [0.717, 1.165) is 5.56 Å². The predicted octanol–water partition coefficient (Wildman–Crippen LogP) is 3.13. The first kappa shape index (κ1) is 18.1. The van der Waals surface area contributed by atoms with Crippen molar-refractivity contribution in [2.24, 2.45) is 5.73 Å². The third-order valence-corrected chi connectivity index (χ3v) is 4.13. The summed E-state index contributed by atoms with van der Waals surface area (Å²) in [6.45, 7) is 0.124. The van der Waals surface area contributed by atoms with E-state index in [1.807, 2.05) is 6.07 Å². The Balaban J connectivity index is 2.05. The van der Waals surface area contributed by atoms with Crippen molar-refractivity contribution in [3.8, 4) is 5.75 Å². The van der Waals surface area contributed by atoms with Crippen molar-refractivity contribution in [3.05, 3.63) is 63.6 Å². The largest absolute Gasteiger partial charge is 0.484 e. The molecule has 2 N–H and O–H groups in total. The number of ether oxygens (including phenoxy) is 1. The van der Waals surface area contributed by atoms with Crippen LogP contribution in [0.25, 0.3) is 0 Å². The maximum absolute atomic E-state index is 12.5. The van der Waals surface area contributed by atoms with Crippen LogP contribution < -0.4 is 10.5 Å². The first-order valence-electron chi connectivity index (χ1n) is 7.08. The summed E-state index contributed by atoms with van der Waals surface area (Å²) < 4.78 is 5.16. The first-order valence-corrected chi connectivity index (χ1v) is 7.83. The highest BCUT2D eigenvalue weighted by Crippen LogP contribution is 2.26. The minimum absolute atomic E-state index is 0.174. The zero-order valence-corrected chi connectivity index (χ0v) is 14.5. The van der Waals surface area contributed by atoms with E-state index >= 15 is 0 Å². The molecule has 2 aromatic carbocycles. The van der Waals surface area contributed by atoms with Gasteiger partial charge in [-0.1, -0.05) is 35.3 Å². The number of nitrogens with two attached hydrogens (primary N) is 1. The molecule has 0 saturated carbocycles. The topological polar surface area (TPSA) is 72.6 Å². The Labute approximate surface area is 149 Å². The maximum Gasteiger partial charge on any atom is 0.255 e. The molecule has 0 aliphatic rings. The van der Waals surface area contributed by atoms with Gasteiger partial charge in [0.15, 0.2) is 6.61 Å². The van der Waals surface area contributed by atoms with Gasteiger partial charge in [-0.2, -0.15) is 0 Å². The molecule has 24 heavy (non-hydrogen) atoms. The summed E-state index contributed by atoms with van der Waals surface area (Å²) in [5.74, 6) is -0.272. The number of halogens is 2. The van der Waals surface area contributed by atoms with Crippen LogP contribution in [0.15, 0.2) is 42.5 Å². The highest BCUT2D eigenvalue weighted by atomic mass is 35.5. The molecule has 7 heteroatoms. The number of carbonyl (C=O) groups excluding carboxylic acids is 2. The molecule has 2 amide bonds. The molecule has 0 atom stereocenters. The van der Waals surface area contributed by atoms with Gasteiger partial charge in [-0.15, -0.1) is 0 Å². The van der Waals surface area contributed by atoms with Crippen molar-refractivity contribution in [2.75, 3.05) is 13.7 Å². The molecule has 0 bridgehead atoms. The summed E-state index contributed by atoms with van der Waals surface area (Å²) in [6.07, 6.45) is 0. The SMILES string of the molecule is CN(Cc1cccc(Cl)c1Cl)C(=O)c1ccc(OCC(N)=O)cc1. The number of benzene rings is 2. The van der Waals surface area contributed by atoms with Crippen LogP contribution >= 0.6 is 23.2 Å². The maximum atomic E-state index is 12.5. The Bertz CT molecular complexity index is 748. The van der Waals surface area contributed by atoms with Gasteiger partial charge in [0.2, 0.25) is 0 Å². The van der Waals surface area contributed by atoms with Gasteiger partial charge in [-0.25, -0.2) is 0 Å². The number of hydrogen-bond acceptors (Lipinski definition) is 3. The van der Waals surface area contributed by atoms with Crippen molar-refractivity contribution in [2.45, 2.75) is 6.54 Å². The zero-order valence-electron chi connectivity index (χ0n) is 13.0. The van der Waals surface area contributed by atoms with Gasteiger partial charge < -0.3 is 15.4 Å². The lowest BCUT2D eigenvalue weighted by molar-refractivity contribution is -0.119. The summed E-state index contributed by atoms with van der Waals surface area (Å²) in [6, 6.07) is 11.8. The van der Waals surface area contributed by atoms with Crippen molar-refractivity contribution in [1.29, 1.82) is 0 Å². The molecule has 0 aliphatic heterocycles. The minimum Gasteiger partial charge on any atom is -0.484 e. The molecule has 2 rings (SSSR count). The van der Waals surface area contributed by atoms with E-state index in [1.54, 1.807) is 43.4 Å². The fourth-order valence-corrected chi connectivity index (χ4v) is 2.45. The van der Waals surface area contributed by atoms with Crippen LogP contribution in [0.5, 0.6) is 5.75 Å². The van der Waals surface area contributed by atoms with E-state index in [9.17, 15) is 9.59 Å². The van der Waals surface area contributed by atoms with Crippen LogP contribution in [-0.2, 0) is 11.3 Å². The molecule has 126 valence electrons. The van der Waals surface area contributed by atoms with Crippen LogP contribution in [0, 0.1) is 0 Å². The molecule has 0 spiro atoms. The fraction of sp³-hybridized carbons (Fsp3) is 0.176. The number of carbonyl (C=O) groups is 2. The van der Waals surface area contributed by atoms with Crippen LogP contribution in [0.3, 0.4) is 0 Å². The predicted molar refractivity (Wildman–Crippen MR) is 93.4 cm³/mol. The average Bonchev–Trinajstić information content (AvgIpc) is 2.57. The van der Waals surface area contributed by atoms with Crippen molar-refractivity contribution >= 4 is 35.0 Å². The Kier molecular flexibility index (Phi) is 6.06. The standard InChI is InChI=1S/C17H16Cl2N2O3/c1-21(9-12-3-2-4-14(18)16(12)19)17(23)11-5-7-13(8-6-11)24-10-15(20)22/h2-8H,9-10H2,1H3,(H2,20,22). The van der Waals surface area contributed by atoms with E-state index in [1.165, 1.54) is 4.90 Å². The van der Waals surface area contributed by atoms with E-state index in [-0.39, 0.29) is 12.5 Å². The third kappa shape index (κ3) is 4.63. The summed E-state index contributed by atoms with van der Waals surface area (Å²) in [4.78, 5) is 24.7. The van der Waals surface area contributed by atoms with Crippen LogP contribution in [-0.4, -0.2) is 30.4 Å². The van der Waals surface area contributed by atoms with Crippen LogP contribution in [0.1, 0.15) is 15.9 Å². The van der Waals surface area contributed by atoms with E-state index in [2.05, 4.69) is 0 Å². The van der Waals surface area contributed by atoms with Gasteiger partial charge in [0, 0.05) is 19.2 Å². The lowest BCUT2D eigenvalue weighted by Gasteiger charge is -2.18. The number of nitrogens with zero attached hydrogens (tertiary/aromatic N) is 1. The second kappa shape index (κ2) is 8.04. The molecular weight excluding hydrogens is 351 g/mol. The minimum atomic E-state index is -0.562. The number of hydrogen-bond donors (Lipinski definition) is 1. The summed E-state index contributed by atoms with van der Waals surface area (Å²) >= 11 is 12.1. The monoisotopic (exact) mass is 366 g/mol. The van der Waals surface area contributed by atoms with Gasteiger partial charge in [-0.05, 0) is 35.9 Å². The van der Waals surface area contributed by atoms with Crippen LogP contribution in [0.2, 0.25) is 10.0 Å². The molecule has 0 fully saturated rings. The van der Waals surface area contributed by atoms with Crippen molar-refractivity contribution in [1.82, 2.24) is 4.90 Å². The highest BCUT2D eigenvalue weighted by Gasteiger charge is 2.14. The highest BCUT2D eigenvalue weighted by molar-refractivity contribution is 6.42. The molecule has 0 unspecified atom stereocenters.